The van der Waals surface area contributed by atoms with Crippen LogP contribution in [-0.2, 0) is 14.3 Å². The molecule has 6 heteroatoms. The number of rotatable bonds is 40. The SMILES string of the molecule is CCCC/C=C\CCCCCC(CC(=O)NC(CO)C(O)CCCCCCCCCCC)OC(=O)CCCCCCC/C=C/C=C/C=C/C=C/CCCCC. The van der Waals surface area contributed by atoms with Gasteiger partial charge in [0.15, 0.2) is 0 Å². The van der Waals surface area contributed by atoms with Crippen molar-refractivity contribution in [3.8, 4) is 0 Å². The van der Waals surface area contributed by atoms with Gasteiger partial charge in [0.1, 0.15) is 6.10 Å². The Balaban J connectivity index is 4.57. The zero-order valence-electron chi connectivity index (χ0n) is 36.0. The van der Waals surface area contributed by atoms with Crippen LogP contribution in [0.4, 0.5) is 0 Å². The van der Waals surface area contributed by atoms with E-state index in [1.165, 1.54) is 70.6 Å². The topological polar surface area (TPSA) is 95.9 Å². The smallest absolute Gasteiger partial charge is 0.306 e. The van der Waals surface area contributed by atoms with Gasteiger partial charge in [0.25, 0.3) is 0 Å². The number of ether oxygens (including phenoxy) is 1. The number of unbranched alkanes of at least 4 members (excludes halogenated alkanes) is 21. The molecule has 55 heavy (non-hydrogen) atoms. The van der Waals surface area contributed by atoms with E-state index in [2.05, 4.69) is 86.8 Å². The highest BCUT2D eigenvalue weighted by Crippen LogP contribution is 2.17. The molecule has 0 aliphatic rings. The van der Waals surface area contributed by atoms with Gasteiger partial charge in [-0.05, 0) is 70.6 Å². The first-order chi connectivity index (χ1) is 27.0. The zero-order valence-corrected chi connectivity index (χ0v) is 36.0. The van der Waals surface area contributed by atoms with Crippen LogP contribution in [0.15, 0.2) is 60.8 Å². The van der Waals surface area contributed by atoms with Crippen LogP contribution >= 0.6 is 0 Å². The lowest BCUT2D eigenvalue weighted by Gasteiger charge is -2.24. The van der Waals surface area contributed by atoms with E-state index in [4.69, 9.17) is 4.74 Å². The molecule has 0 aromatic rings. The summed E-state index contributed by atoms with van der Waals surface area (Å²) in [6, 6.07) is -0.709. The Morgan fingerprint density at radius 3 is 1.56 bits per heavy atom. The predicted octanol–water partition coefficient (Wildman–Crippen LogP) is 13.3. The molecule has 0 saturated carbocycles. The first-order valence-corrected chi connectivity index (χ1v) is 23.1. The molecule has 0 bridgehead atoms. The normalized spacial score (nSPS) is 13.9. The van der Waals surface area contributed by atoms with E-state index in [1.807, 2.05) is 0 Å². The van der Waals surface area contributed by atoms with E-state index in [0.29, 0.717) is 19.3 Å². The van der Waals surface area contributed by atoms with Gasteiger partial charge < -0.3 is 20.3 Å². The summed E-state index contributed by atoms with van der Waals surface area (Å²) in [5, 5.41) is 23.5. The number of carbonyl (C=O) groups is 2. The highest BCUT2D eigenvalue weighted by atomic mass is 16.5. The number of aliphatic hydroxyl groups excluding tert-OH is 2. The molecular weight excluding hydrogens is 683 g/mol. The fraction of sp³-hybridized carbons (Fsp3) is 0.755. The fourth-order valence-corrected chi connectivity index (χ4v) is 6.60. The van der Waals surface area contributed by atoms with E-state index >= 15 is 0 Å². The molecule has 0 aromatic heterocycles. The summed E-state index contributed by atoms with van der Waals surface area (Å²) in [5.74, 6) is -0.523. The van der Waals surface area contributed by atoms with Crippen LogP contribution in [0.1, 0.15) is 213 Å². The summed E-state index contributed by atoms with van der Waals surface area (Å²) in [6.07, 6.45) is 51.4. The Kier molecular flexibility index (Phi) is 40.8. The summed E-state index contributed by atoms with van der Waals surface area (Å²) in [6.45, 7) is 6.35. The monoisotopic (exact) mass is 770 g/mol. The van der Waals surface area contributed by atoms with Crippen LogP contribution in [0.2, 0.25) is 0 Å². The molecule has 0 aromatic carbocycles. The third-order valence-corrected chi connectivity index (χ3v) is 10.2. The van der Waals surface area contributed by atoms with E-state index in [-0.39, 0.29) is 24.9 Å². The Hall–Kier alpha value is -2.44. The molecule has 3 N–H and O–H groups in total. The highest BCUT2D eigenvalue weighted by molar-refractivity contribution is 5.77. The molecule has 0 aliphatic heterocycles. The summed E-state index contributed by atoms with van der Waals surface area (Å²) in [4.78, 5) is 25.9. The van der Waals surface area contributed by atoms with Gasteiger partial charge in [0.2, 0.25) is 5.91 Å². The molecule has 0 heterocycles. The number of esters is 1. The maximum absolute atomic E-state index is 13.1. The van der Waals surface area contributed by atoms with Crippen LogP contribution in [0.25, 0.3) is 0 Å². The van der Waals surface area contributed by atoms with Gasteiger partial charge in [-0.15, -0.1) is 0 Å². The summed E-state index contributed by atoms with van der Waals surface area (Å²) in [5.41, 5.74) is 0. The largest absolute Gasteiger partial charge is 0.462 e. The third-order valence-electron chi connectivity index (χ3n) is 10.2. The van der Waals surface area contributed by atoms with Crippen LogP contribution < -0.4 is 5.32 Å². The van der Waals surface area contributed by atoms with E-state index in [1.54, 1.807) is 0 Å². The maximum atomic E-state index is 13.1. The zero-order chi connectivity index (χ0) is 40.3. The van der Waals surface area contributed by atoms with Crippen molar-refractivity contribution in [2.45, 2.75) is 232 Å². The molecule has 0 aliphatic carbocycles. The first kappa shape index (κ1) is 52.6. The Morgan fingerprint density at radius 1 is 0.527 bits per heavy atom. The van der Waals surface area contributed by atoms with E-state index in [9.17, 15) is 19.8 Å². The molecule has 6 nitrogen and oxygen atoms in total. The molecule has 1 amide bonds. The van der Waals surface area contributed by atoms with Crippen molar-refractivity contribution >= 4 is 11.9 Å². The molecular formula is C49H87NO5. The molecule has 3 unspecified atom stereocenters. The second-order valence-corrected chi connectivity index (χ2v) is 15.5. The Morgan fingerprint density at radius 2 is 0.964 bits per heavy atom. The lowest BCUT2D eigenvalue weighted by atomic mass is 10.0. The number of hydrogen-bond acceptors (Lipinski definition) is 5. The van der Waals surface area contributed by atoms with Crippen molar-refractivity contribution in [1.29, 1.82) is 0 Å². The van der Waals surface area contributed by atoms with Crippen molar-refractivity contribution in [3.05, 3.63) is 60.8 Å². The van der Waals surface area contributed by atoms with Crippen LogP contribution in [0.5, 0.6) is 0 Å². The first-order valence-electron chi connectivity index (χ1n) is 23.1. The van der Waals surface area contributed by atoms with Crippen LogP contribution in [0.3, 0.4) is 0 Å². The summed E-state index contributed by atoms with van der Waals surface area (Å²) in [7, 11) is 0. The lowest BCUT2D eigenvalue weighted by Crippen LogP contribution is -2.46. The van der Waals surface area contributed by atoms with Crippen molar-refractivity contribution in [3.63, 3.8) is 0 Å². The van der Waals surface area contributed by atoms with Crippen molar-refractivity contribution in [2.24, 2.45) is 0 Å². The second kappa shape index (κ2) is 42.7. The average Bonchev–Trinajstić information content (AvgIpc) is 3.18. The lowest BCUT2D eigenvalue weighted by molar-refractivity contribution is -0.151. The van der Waals surface area contributed by atoms with Gasteiger partial charge in [-0.3, -0.25) is 9.59 Å². The second-order valence-electron chi connectivity index (χ2n) is 15.5. The van der Waals surface area contributed by atoms with Gasteiger partial charge in [0, 0.05) is 6.42 Å². The molecule has 0 fully saturated rings. The number of hydrogen-bond donors (Lipinski definition) is 3. The number of allylic oxidation sites excluding steroid dienone is 10. The molecule has 3 atom stereocenters. The van der Waals surface area contributed by atoms with E-state index < -0.39 is 18.2 Å². The average molecular weight is 770 g/mol. The van der Waals surface area contributed by atoms with Gasteiger partial charge in [0.05, 0.1) is 25.2 Å². The maximum Gasteiger partial charge on any atom is 0.306 e. The van der Waals surface area contributed by atoms with E-state index in [0.717, 1.165) is 96.3 Å². The van der Waals surface area contributed by atoms with Gasteiger partial charge in [-0.2, -0.15) is 0 Å². The molecule has 0 saturated heterocycles. The molecule has 318 valence electrons. The number of nitrogens with one attached hydrogen (secondary N) is 1. The fourth-order valence-electron chi connectivity index (χ4n) is 6.60. The Labute approximate surface area is 339 Å². The van der Waals surface area contributed by atoms with Crippen molar-refractivity contribution in [1.82, 2.24) is 5.32 Å². The minimum absolute atomic E-state index is 0.0546. The van der Waals surface area contributed by atoms with Crippen LogP contribution in [0, 0.1) is 0 Å². The molecule has 0 radical (unpaired) electrons. The van der Waals surface area contributed by atoms with Crippen LogP contribution in [-0.4, -0.2) is 46.9 Å². The van der Waals surface area contributed by atoms with Gasteiger partial charge in [-0.1, -0.05) is 191 Å². The quantitative estimate of drug-likeness (QED) is 0.0250. The summed E-state index contributed by atoms with van der Waals surface area (Å²) >= 11 is 0. The number of amides is 1. The molecule has 0 rings (SSSR count). The Bertz CT molecular complexity index is 999. The summed E-state index contributed by atoms with van der Waals surface area (Å²) < 4.78 is 5.87. The van der Waals surface area contributed by atoms with Crippen molar-refractivity contribution in [2.75, 3.05) is 6.61 Å². The predicted molar refractivity (Wildman–Crippen MR) is 236 cm³/mol. The minimum Gasteiger partial charge on any atom is -0.462 e. The minimum atomic E-state index is -0.794. The highest BCUT2D eigenvalue weighted by Gasteiger charge is 2.24. The molecule has 0 spiro atoms. The standard InChI is InChI=1S/C49H87NO5/c1-4-7-10-13-16-19-20-21-22-23-24-25-26-27-30-33-36-39-42-49(54)55-45(40-37-34-31-28-17-14-11-8-5-2)43-48(53)50-46(44-51)47(52)41-38-35-32-29-18-15-12-9-6-3/h14,16-17,19-25,45-47,51-52H,4-13,15,18,26-44H2,1-3H3,(H,50,53)/b17-14-,19-16+,21-20+,23-22+,25-24+. The third kappa shape index (κ3) is 38.2. The van der Waals surface area contributed by atoms with Crippen molar-refractivity contribution < 1.29 is 24.5 Å². The van der Waals surface area contributed by atoms with Gasteiger partial charge in [-0.25, -0.2) is 0 Å². The van der Waals surface area contributed by atoms with Gasteiger partial charge >= 0.3 is 5.97 Å². The number of carbonyl (C=O) groups excluding carboxylic acids is 2. The number of aliphatic hydroxyl groups is 2.